The number of aromatic nitrogens is 3. The number of hydrogen-bond acceptors (Lipinski definition) is 3. The summed E-state index contributed by atoms with van der Waals surface area (Å²) in [6.07, 6.45) is 7.39. The molecular weight excluding hydrogens is 399 g/mol. The van der Waals surface area contributed by atoms with Crippen LogP contribution >= 0.6 is 11.6 Å². The van der Waals surface area contributed by atoms with Gasteiger partial charge >= 0.3 is 0 Å². The van der Waals surface area contributed by atoms with Crippen LogP contribution in [-0.2, 0) is 6.42 Å². The summed E-state index contributed by atoms with van der Waals surface area (Å²) in [7, 11) is 0. The van der Waals surface area contributed by atoms with E-state index in [1.165, 1.54) is 17.3 Å². The molecule has 156 valence electrons. The van der Waals surface area contributed by atoms with E-state index in [2.05, 4.69) is 42.6 Å². The summed E-state index contributed by atoms with van der Waals surface area (Å²) in [6.45, 7) is 8.82. The van der Waals surface area contributed by atoms with Crippen molar-refractivity contribution >= 4 is 22.5 Å². The lowest BCUT2D eigenvalue weighted by Gasteiger charge is -2.20. The predicted molar refractivity (Wildman–Crippen MR) is 120 cm³/mol. The zero-order valence-electron chi connectivity index (χ0n) is 17.4. The third kappa shape index (κ3) is 3.64. The lowest BCUT2D eigenvalue weighted by Crippen LogP contribution is -2.19. The van der Waals surface area contributed by atoms with Crippen molar-refractivity contribution in [2.45, 2.75) is 51.4 Å². The number of halogens is 2. The molecule has 4 nitrogen and oxygen atoms in total. The van der Waals surface area contributed by atoms with E-state index in [9.17, 15) is 4.39 Å². The van der Waals surface area contributed by atoms with Crippen LogP contribution in [0.4, 0.5) is 4.39 Å². The van der Waals surface area contributed by atoms with Crippen LogP contribution in [0.5, 0.6) is 0 Å². The van der Waals surface area contributed by atoms with Gasteiger partial charge in [0.05, 0.1) is 22.1 Å². The highest BCUT2D eigenvalue weighted by Crippen LogP contribution is 2.38. The fourth-order valence-corrected chi connectivity index (χ4v) is 4.55. The summed E-state index contributed by atoms with van der Waals surface area (Å²) < 4.78 is 16.3. The summed E-state index contributed by atoms with van der Waals surface area (Å²) in [4.78, 5) is 5.08. The smallest absolute Gasteiger partial charge is 0.157 e. The van der Waals surface area contributed by atoms with Gasteiger partial charge in [-0.2, -0.15) is 5.10 Å². The van der Waals surface area contributed by atoms with Gasteiger partial charge in [0.2, 0.25) is 0 Å². The summed E-state index contributed by atoms with van der Waals surface area (Å²) in [5.74, 6) is 1.09. The zero-order valence-corrected chi connectivity index (χ0v) is 18.1. The predicted octanol–water partition coefficient (Wildman–Crippen LogP) is 6.03. The second kappa shape index (κ2) is 8.63. The minimum Gasteiger partial charge on any atom is -0.384 e. The van der Waals surface area contributed by atoms with Gasteiger partial charge in [0, 0.05) is 29.9 Å². The molecule has 0 spiro atoms. The first kappa shape index (κ1) is 20.6. The monoisotopic (exact) mass is 424 g/mol. The van der Waals surface area contributed by atoms with Crippen molar-refractivity contribution in [3.05, 3.63) is 70.6 Å². The maximum Gasteiger partial charge on any atom is 0.157 e. The molecule has 0 radical (unpaired) electrons. The van der Waals surface area contributed by atoms with Crippen molar-refractivity contribution in [3.8, 4) is 5.82 Å². The van der Waals surface area contributed by atoms with Gasteiger partial charge in [-0.3, -0.25) is 0 Å². The number of benzene rings is 1. The molecule has 1 aliphatic rings. The van der Waals surface area contributed by atoms with Crippen molar-refractivity contribution in [3.63, 3.8) is 0 Å². The molecule has 2 atom stereocenters. The van der Waals surface area contributed by atoms with Crippen LogP contribution < -0.4 is 5.32 Å². The topological polar surface area (TPSA) is 42.7 Å². The van der Waals surface area contributed by atoms with Gasteiger partial charge in [0.25, 0.3) is 0 Å². The van der Waals surface area contributed by atoms with Gasteiger partial charge in [0.15, 0.2) is 11.6 Å². The first-order valence-electron chi connectivity index (χ1n) is 10.5. The van der Waals surface area contributed by atoms with Crippen LogP contribution in [-0.4, -0.2) is 21.3 Å². The Morgan fingerprint density at radius 3 is 3.07 bits per heavy atom. The average molecular weight is 425 g/mol. The van der Waals surface area contributed by atoms with Crippen LogP contribution in [0.25, 0.3) is 16.7 Å². The van der Waals surface area contributed by atoms with Crippen molar-refractivity contribution in [2.24, 2.45) is 0 Å². The fraction of sp³-hybridized carbons (Fsp3) is 0.375. The highest BCUT2D eigenvalue weighted by atomic mass is 35.5. The molecule has 0 saturated heterocycles. The highest BCUT2D eigenvalue weighted by molar-refractivity contribution is 6.31. The standard InChI is InChI=1S/C24H26ClFN4/c1-4-6-16(13-27-11-5-2)21-12-18-15(3)7-8-17(18)24(29-21)30-22-10-9-20(25)23(26)19(22)14-28-30/h9-12,14-16,27H,2,4,6-8,13H2,1,3H3. The van der Waals surface area contributed by atoms with Crippen LogP contribution in [0.15, 0.2) is 42.9 Å². The van der Waals surface area contributed by atoms with Gasteiger partial charge in [-0.05, 0) is 48.9 Å². The molecule has 6 heteroatoms. The molecule has 30 heavy (non-hydrogen) atoms. The van der Waals surface area contributed by atoms with E-state index in [0.717, 1.165) is 43.7 Å². The molecule has 4 rings (SSSR count). The van der Waals surface area contributed by atoms with Crippen LogP contribution in [0.3, 0.4) is 0 Å². The van der Waals surface area contributed by atoms with E-state index in [1.807, 2.05) is 6.07 Å². The van der Waals surface area contributed by atoms with Gasteiger partial charge in [-0.15, -0.1) is 5.73 Å². The Morgan fingerprint density at radius 2 is 2.30 bits per heavy atom. The Morgan fingerprint density at radius 1 is 1.47 bits per heavy atom. The van der Waals surface area contributed by atoms with Gasteiger partial charge in [-0.1, -0.05) is 38.4 Å². The maximum atomic E-state index is 14.5. The Balaban J connectivity index is 1.87. The molecule has 1 aromatic carbocycles. The summed E-state index contributed by atoms with van der Waals surface area (Å²) in [6, 6.07) is 5.65. The van der Waals surface area contributed by atoms with E-state index in [4.69, 9.17) is 16.6 Å². The fourth-order valence-electron chi connectivity index (χ4n) is 4.38. The summed E-state index contributed by atoms with van der Waals surface area (Å²) in [5, 5.41) is 8.29. The second-order valence-electron chi connectivity index (χ2n) is 7.97. The van der Waals surface area contributed by atoms with E-state index in [0.29, 0.717) is 16.8 Å². The number of pyridine rings is 1. The number of rotatable bonds is 7. The summed E-state index contributed by atoms with van der Waals surface area (Å²) >= 11 is 5.97. The Kier molecular flexibility index (Phi) is 5.94. The molecule has 0 saturated carbocycles. The number of fused-ring (bicyclic) bond motifs is 2. The normalized spacial score (nSPS) is 16.3. The van der Waals surface area contributed by atoms with E-state index >= 15 is 0 Å². The van der Waals surface area contributed by atoms with Gasteiger partial charge in [-0.25, -0.2) is 14.1 Å². The number of nitrogens with one attached hydrogen (secondary N) is 1. The molecule has 0 aliphatic heterocycles. The van der Waals surface area contributed by atoms with Crippen LogP contribution in [0.2, 0.25) is 5.02 Å². The quantitative estimate of drug-likeness (QED) is 0.470. The second-order valence-corrected chi connectivity index (χ2v) is 8.38. The average Bonchev–Trinajstić information content (AvgIpc) is 3.34. The molecule has 2 aromatic heterocycles. The highest BCUT2D eigenvalue weighted by Gasteiger charge is 2.27. The molecule has 1 aliphatic carbocycles. The third-order valence-corrected chi connectivity index (χ3v) is 6.27. The van der Waals surface area contributed by atoms with Gasteiger partial charge < -0.3 is 5.32 Å². The van der Waals surface area contributed by atoms with Crippen molar-refractivity contribution in [2.75, 3.05) is 6.54 Å². The SMILES string of the molecule is C=C=CNCC(CCC)c1cc2c(c(-n3ncc4c(F)c(Cl)ccc43)n1)CCC2C. The minimum absolute atomic E-state index is 0.104. The first-order chi connectivity index (χ1) is 14.5. The van der Waals surface area contributed by atoms with E-state index in [-0.39, 0.29) is 10.9 Å². The van der Waals surface area contributed by atoms with Crippen LogP contribution in [0, 0.1) is 5.82 Å². The van der Waals surface area contributed by atoms with E-state index < -0.39 is 5.82 Å². The molecule has 0 amide bonds. The minimum atomic E-state index is -0.439. The van der Waals surface area contributed by atoms with E-state index in [1.54, 1.807) is 16.9 Å². The Bertz CT molecular complexity index is 1130. The lowest BCUT2D eigenvalue weighted by molar-refractivity contribution is 0.571. The molecule has 0 fully saturated rings. The van der Waals surface area contributed by atoms with Crippen LogP contribution in [0.1, 0.15) is 61.8 Å². The summed E-state index contributed by atoms with van der Waals surface area (Å²) in [5.41, 5.74) is 7.03. The van der Waals surface area contributed by atoms with Gasteiger partial charge in [0.1, 0.15) is 0 Å². The Hall–Kier alpha value is -2.62. The molecular formula is C24H26ClFN4. The third-order valence-electron chi connectivity index (χ3n) is 5.98. The van der Waals surface area contributed by atoms with Crippen molar-refractivity contribution < 1.29 is 4.39 Å². The number of hydrogen-bond donors (Lipinski definition) is 1. The van der Waals surface area contributed by atoms with Crippen molar-refractivity contribution in [1.29, 1.82) is 0 Å². The Labute approximate surface area is 181 Å². The molecule has 1 N–H and O–H groups in total. The molecule has 2 unspecified atom stereocenters. The first-order valence-corrected chi connectivity index (χ1v) is 10.9. The van der Waals surface area contributed by atoms with Crippen molar-refractivity contribution in [1.82, 2.24) is 20.1 Å². The lowest BCUT2D eigenvalue weighted by atomic mass is 9.95. The maximum absolute atomic E-state index is 14.5. The zero-order chi connectivity index (χ0) is 21.3. The molecule has 2 heterocycles. The number of nitrogens with zero attached hydrogens (tertiary/aromatic N) is 3. The molecule has 3 aromatic rings. The molecule has 0 bridgehead atoms. The largest absolute Gasteiger partial charge is 0.384 e.